The van der Waals surface area contributed by atoms with Crippen molar-refractivity contribution >= 4 is 0 Å². The van der Waals surface area contributed by atoms with Crippen molar-refractivity contribution < 1.29 is 17.1 Å². The molecule has 2 aromatic rings. The fourth-order valence-corrected chi connectivity index (χ4v) is 0.871. The fraction of sp³-hybridized carbons (Fsp3) is 0.0909. The zero-order chi connectivity index (χ0) is 8.65. The van der Waals surface area contributed by atoms with E-state index in [2.05, 4.69) is 0 Å². The number of rotatable bonds is 1. The van der Waals surface area contributed by atoms with Gasteiger partial charge in [-0.3, -0.25) is 0 Å². The number of nitrogens with two attached hydrogens (primary N) is 1. The van der Waals surface area contributed by atoms with Gasteiger partial charge in [-0.15, -0.1) is 0 Å². The molecular weight excluding hydrogens is 202 g/mol. The molecular formula is C11H13FeN. The quantitative estimate of drug-likeness (QED) is 0.573. The van der Waals surface area contributed by atoms with Gasteiger partial charge in [0.1, 0.15) is 0 Å². The molecule has 0 heterocycles. The first-order chi connectivity index (χ1) is 5.93. The van der Waals surface area contributed by atoms with E-state index in [1.165, 1.54) is 5.56 Å². The van der Waals surface area contributed by atoms with Gasteiger partial charge in [-0.2, -0.15) is 35.9 Å². The van der Waals surface area contributed by atoms with Crippen LogP contribution < -0.4 is 5.73 Å². The van der Waals surface area contributed by atoms with Gasteiger partial charge in [0.15, 0.2) is 0 Å². The Morgan fingerprint density at radius 1 is 1.08 bits per heavy atom. The molecule has 2 N–H and O–H groups in total. The minimum Gasteiger partial charge on any atom is -0.328 e. The molecule has 70 valence electrons. The van der Waals surface area contributed by atoms with Crippen LogP contribution >= 0.6 is 0 Å². The predicted molar refractivity (Wildman–Crippen MR) is 52.0 cm³/mol. The summed E-state index contributed by atoms with van der Waals surface area (Å²) in [5.74, 6) is 0. The molecule has 0 aliphatic heterocycles. The topological polar surface area (TPSA) is 26.0 Å². The molecule has 0 unspecified atom stereocenters. The van der Waals surface area contributed by atoms with E-state index >= 15 is 0 Å². The third-order valence-electron chi connectivity index (χ3n) is 1.52. The maximum atomic E-state index is 5.29. The van der Waals surface area contributed by atoms with Crippen LogP contribution in [0.4, 0.5) is 0 Å². The van der Waals surface area contributed by atoms with Crippen molar-refractivity contribution in [1.29, 1.82) is 0 Å². The van der Waals surface area contributed by atoms with E-state index in [1.807, 2.05) is 54.6 Å². The summed E-state index contributed by atoms with van der Waals surface area (Å²) in [6, 6.07) is 18.0. The second-order valence-corrected chi connectivity index (χ2v) is 2.46. The third-order valence-corrected chi connectivity index (χ3v) is 1.52. The van der Waals surface area contributed by atoms with E-state index in [0.717, 1.165) is 0 Å². The molecule has 0 aliphatic carbocycles. The van der Waals surface area contributed by atoms with Gasteiger partial charge in [0.25, 0.3) is 0 Å². The molecule has 2 rings (SSSR count). The Morgan fingerprint density at radius 2 is 1.77 bits per heavy atom. The molecule has 0 fully saturated rings. The van der Waals surface area contributed by atoms with Crippen molar-refractivity contribution in [1.82, 2.24) is 0 Å². The molecule has 0 aliphatic rings. The van der Waals surface area contributed by atoms with Gasteiger partial charge in [-0.25, -0.2) is 24.3 Å². The Kier molecular flexibility index (Phi) is 7.32. The second-order valence-electron chi connectivity index (χ2n) is 2.46. The first-order valence-electron chi connectivity index (χ1n) is 4.01. The number of hydrogen-bond donors (Lipinski definition) is 1. The molecule has 0 aromatic heterocycles. The van der Waals surface area contributed by atoms with Crippen molar-refractivity contribution in [2.75, 3.05) is 0 Å². The first-order valence-corrected chi connectivity index (χ1v) is 4.01. The summed E-state index contributed by atoms with van der Waals surface area (Å²) in [5, 5.41) is 0. The fourth-order valence-electron chi connectivity index (χ4n) is 0.871. The summed E-state index contributed by atoms with van der Waals surface area (Å²) in [6.07, 6.45) is 0. The van der Waals surface area contributed by atoms with Crippen LogP contribution in [-0.2, 0) is 23.6 Å². The van der Waals surface area contributed by atoms with Crippen molar-refractivity contribution in [2.45, 2.75) is 6.54 Å². The molecule has 0 radical (unpaired) electrons. The van der Waals surface area contributed by atoms with Crippen LogP contribution in [0.2, 0.25) is 0 Å². The molecule has 0 saturated heterocycles. The maximum Gasteiger partial charge on any atom is 2.00 e. The van der Waals surface area contributed by atoms with Crippen LogP contribution in [0, 0.1) is 0 Å². The summed E-state index contributed by atoms with van der Waals surface area (Å²) < 4.78 is 0. The van der Waals surface area contributed by atoms with Crippen LogP contribution in [0.5, 0.6) is 0 Å². The van der Waals surface area contributed by atoms with Gasteiger partial charge in [0.05, 0.1) is 0 Å². The first kappa shape index (κ1) is 12.2. The molecule has 0 bridgehead atoms. The van der Waals surface area contributed by atoms with E-state index in [0.29, 0.717) is 6.54 Å². The smallest absolute Gasteiger partial charge is 0.328 e. The standard InChI is InChI=1S/C6H8N.C5H5.Fe/c7-5-6-3-1-2-4-6;1-2-4-5-3-1;/h1-4H,5,7H2;1-5H;/q2*-1;+2. The third kappa shape index (κ3) is 5.42. The Balaban J connectivity index is 0.000000215. The van der Waals surface area contributed by atoms with Gasteiger partial charge >= 0.3 is 17.1 Å². The maximum absolute atomic E-state index is 5.29. The predicted octanol–water partition coefficient (Wildman–Crippen LogP) is 2.27. The van der Waals surface area contributed by atoms with E-state index < -0.39 is 0 Å². The van der Waals surface area contributed by atoms with E-state index in [4.69, 9.17) is 5.73 Å². The van der Waals surface area contributed by atoms with Crippen LogP contribution in [0.1, 0.15) is 5.56 Å². The molecule has 13 heavy (non-hydrogen) atoms. The zero-order valence-electron chi connectivity index (χ0n) is 7.33. The van der Waals surface area contributed by atoms with Crippen molar-refractivity contribution in [3.8, 4) is 0 Å². The van der Waals surface area contributed by atoms with E-state index in [-0.39, 0.29) is 17.1 Å². The zero-order valence-corrected chi connectivity index (χ0v) is 8.44. The van der Waals surface area contributed by atoms with Crippen LogP contribution in [0.3, 0.4) is 0 Å². The largest absolute Gasteiger partial charge is 2.00 e. The average molecular weight is 215 g/mol. The van der Waals surface area contributed by atoms with Gasteiger partial charge in [-0.1, -0.05) is 0 Å². The minimum absolute atomic E-state index is 0. The van der Waals surface area contributed by atoms with Gasteiger partial charge in [0, 0.05) is 0 Å². The number of hydrogen-bond acceptors (Lipinski definition) is 1. The van der Waals surface area contributed by atoms with Gasteiger partial charge in [-0.05, 0) is 6.54 Å². The summed E-state index contributed by atoms with van der Waals surface area (Å²) in [6.45, 7) is 0.660. The summed E-state index contributed by atoms with van der Waals surface area (Å²) in [5.41, 5.74) is 6.50. The summed E-state index contributed by atoms with van der Waals surface area (Å²) in [7, 11) is 0. The van der Waals surface area contributed by atoms with Gasteiger partial charge < -0.3 is 5.73 Å². The monoisotopic (exact) mass is 215 g/mol. The molecule has 1 nitrogen and oxygen atoms in total. The minimum atomic E-state index is 0. The normalized spacial score (nSPS) is 8.08. The average Bonchev–Trinajstić information content (AvgIpc) is 2.81. The molecule has 0 spiro atoms. The van der Waals surface area contributed by atoms with Crippen molar-refractivity contribution in [2.24, 2.45) is 5.73 Å². The van der Waals surface area contributed by atoms with Crippen LogP contribution in [0.25, 0.3) is 0 Å². The van der Waals surface area contributed by atoms with Crippen LogP contribution in [0.15, 0.2) is 54.6 Å². The second kappa shape index (κ2) is 7.81. The van der Waals surface area contributed by atoms with Crippen molar-refractivity contribution in [3.05, 3.63) is 60.2 Å². The Morgan fingerprint density at radius 3 is 2.00 bits per heavy atom. The van der Waals surface area contributed by atoms with E-state index in [1.54, 1.807) is 0 Å². The van der Waals surface area contributed by atoms with Crippen molar-refractivity contribution in [3.63, 3.8) is 0 Å². The SMILES string of the molecule is NCc1ccc[cH-]1.[Fe+2].c1cc[cH-]c1. The Hall–Kier alpha value is -0.821. The Labute approximate surface area is 89.8 Å². The molecule has 0 saturated carbocycles. The molecule has 2 aromatic carbocycles. The molecule has 0 atom stereocenters. The van der Waals surface area contributed by atoms with Gasteiger partial charge in [0.2, 0.25) is 0 Å². The Bertz CT molecular complexity index is 241. The van der Waals surface area contributed by atoms with Crippen LogP contribution in [-0.4, -0.2) is 0 Å². The molecule has 0 amide bonds. The summed E-state index contributed by atoms with van der Waals surface area (Å²) in [4.78, 5) is 0. The van der Waals surface area contributed by atoms with E-state index in [9.17, 15) is 0 Å². The molecule has 2 heteroatoms. The summed E-state index contributed by atoms with van der Waals surface area (Å²) >= 11 is 0.